The number of piperidine rings is 1. The molecule has 0 aliphatic carbocycles. The molecular formula is C20H25N3O. The number of anilines is 1. The first-order chi connectivity index (χ1) is 11.6. The molecule has 2 heterocycles. The maximum absolute atomic E-state index is 12.2. The van der Waals surface area contributed by atoms with Gasteiger partial charge in [-0.25, -0.2) is 0 Å². The molecule has 24 heavy (non-hydrogen) atoms. The van der Waals surface area contributed by atoms with Crippen molar-refractivity contribution in [3.63, 3.8) is 0 Å². The molecule has 1 N–H and O–H groups in total. The summed E-state index contributed by atoms with van der Waals surface area (Å²) in [6.07, 6.45) is 4.07. The number of hydrogen-bond acceptors (Lipinski definition) is 3. The van der Waals surface area contributed by atoms with E-state index < -0.39 is 0 Å². The van der Waals surface area contributed by atoms with E-state index in [1.165, 1.54) is 11.3 Å². The standard InChI is InChI=1S/C20H25N3O/c1-15-4-3-5-18(12-15)22-20(24)14-23-10-8-17(9-11-23)19-7-6-16(2)13-21-19/h3-7,12-13,17H,8-11,14H2,1-2H3,(H,22,24). The van der Waals surface area contributed by atoms with Gasteiger partial charge in [-0.1, -0.05) is 18.2 Å². The van der Waals surface area contributed by atoms with Gasteiger partial charge in [0.2, 0.25) is 5.91 Å². The van der Waals surface area contributed by atoms with Crippen LogP contribution >= 0.6 is 0 Å². The zero-order chi connectivity index (χ0) is 16.9. The topological polar surface area (TPSA) is 45.2 Å². The average Bonchev–Trinajstić information content (AvgIpc) is 2.56. The van der Waals surface area contributed by atoms with Gasteiger partial charge in [0.1, 0.15) is 0 Å². The summed E-state index contributed by atoms with van der Waals surface area (Å²) in [6, 6.07) is 12.2. The van der Waals surface area contributed by atoms with Crippen molar-refractivity contribution in [3.8, 4) is 0 Å². The molecule has 0 bridgehead atoms. The van der Waals surface area contributed by atoms with E-state index in [0.717, 1.165) is 37.2 Å². The predicted octanol–water partition coefficient (Wildman–Crippen LogP) is 3.52. The van der Waals surface area contributed by atoms with E-state index in [4.69, 9.17) is 0 Å². The van der Waals surface area contributed by atoms with Crippen LogP contribution in [-0.2, 0) is 4.79 Å². The SMILES string of the molecule is Cc1ccc(C2CCN(CC(=O)Nc3cccc(C)c3)CC2)nc1. The van der Waals surface area contributed by atoms with Crippen molar-refractivity contribution < 1.29 is 4.79 Å². The summed E-state index contributed by atoms with van der Waals surface area (Å²) in [5, 5.41) is 2.99. The molecule has 3 rings (SSSR count). The third kappa shape index (κ3) is 4.42. The van der Waals surface area contributed by atoms with Gasteiger partial charge in [0.15, 0.2) is 0 Å². The highest BCUT2D eigenvalue weighted by atomic mass is 16.2. The molecule has 0 radical (unpaired) electrons. The van der Waals surface area contributed by atoms with Crippen LogP contribution in [0.15, 0.2) is 42.6 Å². The molecule has 1 aromatic carbocycles. The molecule has 1 aliphatic rings. The monoisotopic (exact) mass is 323 g/mol. The van der Waals surface area contributed by atoms with Crippen LogP contribution < -0.4 is 5.32 Å². The molecule has 1 amide bonds. The average molecular weight is 323 g/mol. The number of rotatable bonds is 4. The van der Waals surface area contributed by atoms with Gasteiger partial charge in [0, 0.05) is 23.5 Å². The Morgan fingerprint density at radius 1 is 1.17 bits per heavy atom. The van der Waals surface area contributed by atoms with E-state index in [9.17, 15) is 4.79 Å². The molecule has 0 spiro atoms. The lowest BCUT2D eigenvalue weighted by molar-refractivity contribution is -0.117. The van der Waals surface area contributed by atoms with Crippen molar-refractivity contribution in [2.45, 2.75) is 32.6 Å². The van der Waals surface area contributed by atoms with Gasteiger partial charge in [-0.3, -0.25) is 14.7 Å². The van der Waals surface area contributed by atoms with Gasteiger partial charge in [-0.05, 0) is 69.1 Å². The van der Waals surface area contributed by atoms with E-state index in [1.54, 1.807) is 0 Å². The van der Waals surface area contributed by atoms with Crippen molar-refractivity contribution in [3.05, 3.63) is 59.4 Å². The fraction of sp³-hybridized carbons (Fsp3) is 0.400. The van der Waals surface area contributed by atoms with Crippen LogP contribution in [0, 0.1) is 13.8 Å². The quantitative estimate of drug-likeness (QED) is 0.936. The number of hydrogen-bond donors (Lipinski definition) is 1. The molecular weight excluding hydrogens is 298 g/mol. The summed E-state index contributed by atoms with van der Waals surface area (Å²) in [4.78, 5) is 19.0. The smallest absolute Gasteiger partial charge is 0.238 e. The lowest BCUT2D eigenvalue weighted by Gasteiger charge is -2.31. The van der Waals surface area contributed by atoms with E-state index in [1.807, 2.05) is 37.4 Å². The van der Waals surface area contributed by atoms with Gasteiger partial charge in [0.05, 0.1) is 6.54 Å². The van der Waals surface area contributed by atoms with Crippen LogP contribution in [0.1, 0.15) is 35.6 Å². The fourth-order valence-corrected chi connectivity index (χ4v) is 3.23. The number of amides is 1. The summed E-state index contributed by atoms with van der Waals surface area (Å²) in [5.74, 6) is 0.578. The minimum absolute atomic E-state index is 0.0625. The van der Waals surface area contributed by atoms with Crippen LogP contribution in [-0.4, -0.2) is 35.4 Å². The van der Waals surface area contributed by atoms with Gasteiger partial charge in [0.25, 0.3) is 0 Å². The number of aromatic nitrogens is 1. The molecule has 4 nitrogen and oxygen atoms in total. The Morgan fingerprint density at radius 3 is 2.62 bits per heavy atom. The number of carbonyl (C=O) groups is 1. The number of pyridine rings is 1. The number of nitrogens with one attached hydrogen (secondary N) is 1. The zero-order valence-corrected chi connectivity index (χ0v) is 14.5. The Kier molecular flexibility index (Phi) is 5.26. The summed E-state index contributed by atoms with van der Waals surface area (Å²) < 4.78 is 0. The summed E-state index contributed by atoms with van der Waals surface area (Å²) in [6.45, 7) is 6.44. The molecule has 1 saturated heterocycles. The van der Waals surface area contributed by atoms with Crippen LogP contribution in [0.5, 0.6) is 0 Å². The van der Waals surface area contributed by atoms with Gasteiger partial charge in [-0.2, -0.15) is 0 Å². The highest BCUT2D eigenvalue weighted by Gasteiger charge is 2.22. The first-order valence-corrected chi connectivity index (χ1v) is 8.61. The van der Waals surface area contributed by atoms with Crippen molar-refractivity contribution in [2.75, 3.05) is 25.0 Å². The number of likely N-dealkylation sites (tertiary alicyclic amines) is 1. The van der Waals surface area contributed by atoms with E-state index in [0.29, 0.717) is 12.5 Å². The van der Waals surface area contributed by atoms with Crippen molar-refractivity contribution >= 4 is 11.6 Å². The Bertz CT molecular complexity index is 688. The third-order valence-electron chi connectivity index (χ3n) is 4.61. The number of benzene rings is 1. The Balaban J connectivity index is 1.48. The van der Waals surface area contributed by atoms with Crippen LogP contribution in [0.2, 0.25) is 0 Å². The number of carbonyl (C=O) groups excluding carboxylic acids is 1. The summed E-state index contributed by atoms with van der Waals surface area (Å²) in [5.41, 5.74) is 4.41. The van der Waals surface area contributed by atoms with E-state index in [-0.39, 0.29) is 5.91 Å². The second kappa shape index (κ2) is 7.58. The maximum atomic E-state index is 12.2. The normalized spacial score (nSPS) is 16.1. The molecule has 1 fully saturated rings. The fourth-order valence-electron chi connectivity index (χ4n) is 3.23. The van der Waals surface area contributed by atoms with Crippen LogP contribution in [0.4, 0.5) is 5.69 Å². The van der Waals surface area contributed by atoms with E-state index >= 15 is 0 Å². The van der Waals surface area contributed by atoms with Crippen molar-refractivity contribution in [2.24, 2.45) is 0 Å². The first-order valence-electron chi connectivity index (χ1n) is 8.61. The Morgan fingerprint density at radius 2 is 1.96 bits per heavy atom. The van der Waals surface area contributed by atoms with E-state index in [2.05, 4.69) is 34.3 Å². The van der Waals surface area contributed by atoms with Gasteiger partial charge >= 0.3 is 0 Å². The lowest BCUT2D eigenvalue weighted by Crippen LogP contribution is -2.38. The first kappa shape index (κ1) is 16.7. The highest BCUT2D eigenvalue weighted by Crippen LogP contribution is 2.26. The highest BCUT2D eigenvalue weighted by molar-refractivity contribution is 5.92. The minimum atomic E-state index is 0.0625. The number of aryl methyl sites for hydroxylation is 2. The molecule has 0 atom stereocenters. The molecule has 2 aromatic rings. The second-order valence-corrected chi connectivity index (χ2v) is 6.73. The van der Waals surface area contributed by atoms with Crippen molar-refractivity contribution in [1.29, 1.82) is 0 Å². The molecule has 0 unspecified atom stereocenters. The molecule has 4 heteroatoms. The Labute approximate surface area is 143 Å². The molecule has 126 valence electrons. The minimum Gasteiger partial charge on any atom is -0.325 e. The van der Waals surface area contributed by atoms with Crippen LogP contribution in [0.3, 0.4) is 0 Å². The molecule has 1 aliphatic heterocycles. The largest absolute Gasteiger partial charge is 0.325 e. The second-order valence-electron chi connectivity index (χ2n) is 6.73. The number of nitrogens with zero attached hydrogens (tertiary/aromatic N) is 2. The maximum Gasteiger partial charge on any atom is 0.238 e. The van der Waals surface area contributed by atoms with Gasteiger partial charge < -0.3 is 5.32 Å². The zero-order valence-electron chi connectivity index (χ0n) is 14.5. The van der Waals surface area contributed by atoms with Gasteiger partial charge in [-0.15, -0.1) is 0 Å². The predicted molar refractivity (Wildman–Crippen MR) is 97.2 cm³/mol. The Hall–Kier alpha value is -2.20. The molecule has 1 aromatic heterocycles. The third-order valence-corrected chi connectivity index (χ3v) is 4.61. The molecule has 0 saturated carbocycles. The summed E-state index contributed by atoms with van der Waals surface area (Å²) >= 11 is 0. The van der Waals surface area contributed by atoms with Crippen molar-refractivity contribution in [1.82, 2.24) is 9.88 Å². The lowest BCUT2D eigenvalue weighted by atomic mass is 9.93. The summed E-state index contributed by atoms with van der Waals surface area (Å²) in [7, 11) is 0. The van der Waals surface area contributed by atoms with Crippen LogP contribution in [0.25, 0.3) is 0 Å².